The topological polar surface area (TPSA) is 41.6 Å². The third-order valence-electron chi connectivity index (χ3n) is 4.58. The van der Waals surface area contributed by atoms with Crippen LogP contribution in [0.2, 0.25) is 0 Å². The van der Waals surface area contributed by atoms with Crippen molar-refractivity contribution in [3.8, 4) is 0 Å². The number of carbonyl (C=O) groups excluding carboxylic acids is 1. The van der Waals surface area contributed by atoms with Crippen LogP contribution >= 0.6 is 0 Å². The summed E-state index contributed by atoms with van der Waals surface area (Å²) in [5.41, 5.74) is 0.608. The van der Waals surface area contributed by atoms with Crippen LogP contribution in [0.25, 0.3) is 0 Å². The van der Waals surface area contributed by atoms with E-state index in [1.807, 2.05) is 0 Å². The fourth-order valence-corrected chi connectivity index (χ4v) is 3.03. The molecule has 1 fully saturated rings. The van der Waals surface area contributed by atoms with E-state index in [2.05, 4.69) is 5.32 Å². The summed E-state index contributed by atoms with van der Waals surface area (Å²) in [4.78, 5) is 13.8. The molecule has 7 heteroatoms. The first-order chi connectivity index (χ1) is 11.9. The molecule has 2 atom stereocenters. The first kappa shape index (κ1) is 19.6. The number of carbonyl (C=O) groups is 1. The van der Waals surface area contributed by atoms with Crippen molar-refractivity contribution < 1.29 is 22.7 Å². The van der Waals surface area contributed by atoms with Gasteiger partial charge in [0.15, 0.2) is 0 Å². The van der Waals surface area contributed by atoms with Crippen molar-refractivity contribution in [3.05, 3.63) is 35.9 Å². The van der Waals surface area contributed by atoms with Gasteiger partial charge in [-0.05, 0) is 31.2 Å². The highest BCUT2D eigenvalue weighted by molar-refractivity contribution is 5.74. The Balaban J connectivity index is 1.90. The zero-order chi connectivity index (χ0) is 18.3. The van der Waals surface area contributed by atoms with Crippen molar-refractivity contribution in [3.63, 3.8) is 0 Å². The van der Waals surface area contributed by atoms with Crippen molar-refractivity contribution in [2.45, 2.75) is 38.0 Å². The van der Waals surface area contributed by atoms with Gasteiger partial charge in [0.2, 0.25) is 0 Å². The van der Waals surface area contributed by atoms with Crippen LogP contribution in [0.5, 0.6) is 0 Å². The summed E-state index contributed by atoms with van der Waals surface area (Å²) in [6.07, 6.45) is -2.03. The van der Waals surface area contributed by atoms with E-state index in [9.17, 15) is 18.0 Å². The fraction of sp³-hybridized carbons (Fsp3) is 0.611. The van der Waals surface area contributed by atoms with Crippen LogP contribution in [0.4, 0.5) is 18.0 Å². The molecule has 0 aliphatic carbocycles. The first-order valence-corrected chi connectivity index (χ1v) is 8.56. The molecule has 0 bridgehead atoms. The summed E-state index contributed by atoms with van der Waals surface area (Å²) in [7, 11) is 1.64. The molecule has 25 heavy (non-hydrogen) atoms. The first-order valence-electron chi connectivity index (χ1n) is 8.56. The predicted molar refractivity (Wildman–Crippen MR) is 89.3 cm³/mol. The second-order valence-corrected chi connectivity index (χ2v) is 6.39. The summed E-state index contributed by atoms with van der Waals surface area (Å²) < 4.78 is 45.1. The van der Waals surface area contributed by atoms with Crippen LogP contribution in [0.15, 0.2) is 30.3 Å². The van der Waals surface area contributed by atoms with Gasteiger partial charge >= 0.3 is 12.2 Å². The molecule has 1 heterocycles. The summed E-state index contributed by atoms with van der Waals surface area (Å²) in [5.74, 6) is -1.60. The molecule has 0 radical (unpaired) electrons. The molecule has 0 saturated carbocycles. The number of nitrogens with zero attached hydrogens (tertiary/aromatic N) is 1. The Morgan fingerprint density at radius 2 is 2.00 bits per heavy atom. The van der Waals surface area contributed by atoms with Gasteiger partial charge in [-0.2, -0.15) is 13.2 Å². The van der Waals surface area contributed by atoms with Gasteiger partial charge in [0, 0.05) is 26.7 Å². The Kier molecular flexibility index (Phi) is 7.11. The summed E-state index contributed by atoms with van der Waals surface area (Å²) in [6, 6.07) is 8.09. The van der Waals surface area contributed by atoms with Crippen molar-refractivity contribution in [1.29, 1.82) is 0 Å². The van der Waals surface area contributed by atoms with Gasteiger partial charge in [-0.25, -0.2) is 4.79 Å². The van der Waals surface area contributed by atoms with E-state index in [1.54, 1.807) is 42.3 Å². The maximum atomic E-state index is 13.3. The minimum atomic E-state index is -4.36. The van der Waals surface area contributed by atoms with E-state index in [0.717, 1.165) is 12.8 Å². The zero-order valence-corrected chi connectivity index (χ0v) is 14.4. The second kappa shape index (κ2) is 9.08. The SMILES string of the molecule is COC1CCCN(C(=O)NCC(Cc2ccccc2)C(F)(F)F)CC1. The quantitative estimate of drug-likeness (QED) is 0.874. The van der Waals surface area contributed by atoms with Crippen molar-refractivity contribution in [1.82, 2.24) is 10.2 Å². The normalized spacial score (nSPS) is 20.0. The number of hydrogen-bond donors (Lipinski definition) is 1. The Hall–Kier alpha value is -1.76. The lowest BCUT2D eigenvalue weighted by Gasteiger charge is -2.25. The van der Waals surface area contributed by atoms with Gasteiger partial charge in [0.1, 0.15) is 0 Å². The van der Waals surface area contributed by atoms with Gasteiger partial charge in [0.25, 0.3) is 0 Å². The van der Waals surface area contributed by atoms with Crippen LogP contribution in [-0.2, 0) is 11.2 Å². The number of benzene rings is 1. The minimum absolute atomic E-state index is 0.110. The molecule has 1 aliphatic rings. The minimum Gasteiger partial charge on any atom is -0.381 e. The molecule has 4 nitrogen and oxygen atoms in total. The Morgan fingerprint density at radius 3 is 2.64 bits per heavy atom. The molecule has 1 aliphatic heterocycles. The van der Waals surface area contributed by atoms with Crippen LogP contribution in [0, 0.1) is 5.92 Å². The fourth-order valence-electron chi connectivity index (χ4n) is 3.03. The van der Waals surface area contributed by atoms with Crippen molar-refractivity contribution in [2.75, 3.05) is 26.7 Å². The number of rotatable bonds is 5. The average Bonchev–Trinajstić information content (AvgIpc) is 2.84. The third-order valence-corrected chi connectivity index (χ3v) is 4.58. The van der Waals surface area contributed by atoms with Crippen LogP contribution in [-0.4, -0.2) is 50.0 Å². The summed E-state index contributed by atoms with van der Waals surface area (Å²) in [6.45, 7) is 0.627. The van der Waals surface area contributed by atoms with Crippen LogP contribution in [0.1, 0.15) is 24.8 Å². The van der Waals surface area contributed by atoms with E-state index < -0.39 is 24.7 Å². The number of likely N-dealkylation sites (tertiary alicyclic amines) is 1. The van der Waals surface area contributed by atoms with Crippen LogP contribution in [0.3, 0.4) is 0 Å². The number of nitrogens with one attached hydrogen (secondary N) is 1. The summed E-state index contributed by atoms with van der Waals surface area (Å²) in [5, 5.41) is 2.47. The second-order valence-electron chi connectivity index (χ2n) is 6.39. The number of methoxy groups -OCH3 is 1. The largest absolute Gasteiger partial charge is 0.393 e. The van der Waals surface area contributed by atoms with E-state index in [1.165, 1.54) is 0 Å². The maximum Gasteiger partial charge on any atom is 0.393 e. The molecular formula is C18H25F3N2O2. The maximum absolute atomic E-state index is 13.3. The highest BCUT2D eigenvalue weighted by atomic mass is 19.4. The monoisotopic (exact) mass is 358 g/mol. The number of hydrogen-bond acceptors (Lipinski definition) is 2. The predicted octanol–water partition coefficient (Wildman–Crippen LogP) is 3.62. The van der Waals surface area contributed by atoms with E-state index >= 15 is 0 Å². The smallest absolute Gasteiger partial charge is 0.381 e. The molecule has 1 N–H and O–H groups in total. The standard InChI is InChI=1S/C18H25F3N2O2/c1-25-16-8-5-10-23(11-9-16)17(24)22-13-15(18(19,20)21)12-14-6-3-2-4-7-14/h2-4,6-7,15-16H,5,8-13H2,1H3,(H,22,24). The molecule has 140 valence electrons. The van der Waals surface area contributed by atoms with Gasteiger partial charge in [-0.3, -0.25) is 0 Å². The molecule has 0 spiro atoms. The summed E-state index contributed by atoms with van der Waals surface area (Å²) >= 11 is 0. The molecule has 1 saturated heterocycles. The Bertz CT molecular complexity index is 537. The Morgan fingerprint density at radius 1 is 1.28 bits per heavy atom. The number of urea groups is 1. The van der Waals surface area contributed by atoms with Gasteiger partial charge in [-0.15, -0.1) is 0 Å². The van der Waals surface area contributed by atoms with E-state index in [0.29, 0.717) is 25.1 Å². The molecule has 1 aromatic carbocycles. The average molecular weight is 358 g/mol. The molecular weight excluding hydrogens is 333 g/mol. The van der Waals surface area contributed by atoms with Crippen molar-refractivity contribution >= 4 is 6.03 Å². The number of amides is 2. The third kappa shape index (κ3) is 6.23. The number of ether oxygens (including phenoxy) is 1. The highest BCUT2D eigenvalue weighted by Crippen LogP contribution is 2.28. The van der Waals surface area contributed by atoms with Gasteiger partial charge in [0.05, 0.1) is 12.0 Å². The highest BCUT2D eigenvalue weighted by Gasteiger charge is 2.39. The lowest BCUT2D eigenvalue weighted by molar-refractivity contribution is -0.172. The van der Waals surface area contributed by atoms with Gasteiger partial charge in [-0.1, -0.05) is 30.3 Å². The van der Waals surface area contributed by atoms with Gasteiger partial charge < -0.3 is 15.0 Å². The Labute approximate surface area is 146 Å². The van der Waals surface area contributed by atoms with E-state index in [4.69, 9.17) is 4.74 Å². The van der Waals surface area contributed by atoms with Crippen molar-refractivity contribution in [2.24, 2.45) is 5.92 Å². The molecule has 2 amide bonds. The molecule has 2 rings (SSSR count). The number of halogens is 3. The zero-order valence-electron chi connectivity index (χ0n) is 14.4. The molecule has 2 unspecified atom stereocenters. The van der Waals surface area contributed by atoms with Crippen LogP contribution < -0.4 is 5.32 Å². The lowest BCUT2D eigenvalue weighted by Crippen LogP contribution is -2.45. The number of alkyl halides is 3. The molecule has 0 aromatic heterocycles. The lowest BCUT2D eigenvalue weighted by atomic mass is 9.99. The molecule has 1 aromatic rings. The van der Waals surface area contributed by atoms with E-state index in [-0.39, 0.29) is 12.5 Å².